The van der Waals surface area contributed by atoms with Gasteiger partial charge in [0.1, 0.15) is 0 Å². The molecule has 1 aromatic carbocycles. The van der Waals surface area contributed by atoms with Crippen molar-refractivity contribution < 1.29 is 9.53 Å². The van der Waals surface area contributed by atoms with Crippen LogP contribution in [0.15, 0.2) is 22.7 Å². The molecule has 17 heavy (non-hydrogen) atoms. The Hall–Kier alpha value is -1.54. The average molecular weight is 297 g/mol. The molecule has 0 atom stereocenters. The smallest absolute Gasteiger partial charge is 0.339 e. The Kier molecular flexibility index (Phi) is 5.50. The lowest BCUT2D eigenvalue weighted by Gasteiger charge is -2.07. The molecule has 0 saturated heterocycles. The van der Waals surface area contributed by atoms with Crippen molar-refractivity contribution in [3.05, 3.63) is 28.2 Å². The van der Waals surface area contributed by atoms with Crippen molar-refractivity contribution in [1.82, 2.24) is 0 Å². The minimum Gasteiger partial charge on any atom is -0.462 e. The zero-order valence-electron chi connectivity index (χ0n) is 9.28. The van der Waals surface area contributed by atoms with Crippen LogP contribution in [0.25, 0.3) is 0 Å². The highest BCUT2D eigenvalue weighted by molar-refractivity contribution is 9.10. The molecule has 4 nitrogen and oxygen atoms in total. The summed E-state index contributed by atoms with van der Waals surface area (Å²) in [5.74, 6) is -0.402. The Bertz CT molecular complexity index is 441. The van der Waals surface area contributed by atoms with E-state index in [1.165, 1.54) is 0 Å². The van der Waals surface area contributed by atoms with Gasteiger partial charge in [-0.15, -0.1) is 0 Å². The first-order valence-corrected chi connectivity index (χ1v) is 6.04. The molecule has 0 bridgehead atoms. The number of nitrogens with two attached hydrogens (primary N) is 1. The van der Waals surface area contributed by atoms with Gasteiger partial charge in [-0.1, -0.05) is 6.07 Å². The van der Waals surface area contributed by atoms with Crippen LogP contribution >= 0.6 is 15.9 Å². The summed E-state index contributed by atoms with van der Waals surface area (Å²) in [5.41, 5.74) is 6.59. The summed E-state index contributed by atoms with van der Waals surface area (Å²) >= 11 is 3.25. The topological polar surface area (TPSA) is 76.1 Å². The Morgan fingerprint density at radius 3 is 2.94 bits per heavy atom. The number of anilines is 1. The predicted octanol–water partition coefficient (Wildman–Crippen LogP) is 2.88. The predicted molar refractivity (Wildman–Crippen MR) is 68.3 cm³/mol. The van der Waals surface area contributed by atoms with E-state index in [0.717, 1.165) is 6.42 Å². The molecule has 0 fully saturated rings. The Labute approximate surface area is 108 Å². The van der Waals surface area contributed by atoms with Gasteiger partial charge >= 0.3 is 5.97 Å². The number of benzene rings is 1. The minimum absolute atomic E-state index is 0.321. The standard InChI is InChI=1S/C12H13BrN2O2/c13-11-9(5-4-6-10(11)15)12(16)17-8-3-1-2-7-14/h4-6H,1-3,8,15H2. The first-order chi connectivity index (χ1) is 8.16. The lowest BCUT2D eigenvalue weighted by molar-refractivity contribution is 0.0498. The Morgan fingerprint density at radius 1 is 1.47 bits per heavy atom. The largest absolute Gasteiger partial charge is 0.462 e. The van der Waals surface area contributed by atoms with E-state index in [-0.39, 0.29) is 0 Å². The van der Waals surface area contributed by atoms with Gasteiger partial charge in [0.05, 0.1) is 22.7 Å². The van der Waals surface area contributed by atoms with Crippen molar-refractivity contribution >= 4 is 27.6 Å². The van der Waals surface area contributed by atoms with Crippen molar-refractivity contribution in [2.45, 2.75) is 19.3 Å². The molecule has 0 radical (unpaired) electrons. The van der Waals surface area contributed by atoms with Crippen LogP contribution in [0.5, 0.6) is 0 Å². The minimum atomic E-state index is -0.402. The van der Waals surface area contributed by atoms with Crippen LogP contribution in [-0.4, -0.2) is 12.6 Å². The van der Waals surface area contributed by atoms with E-state index in [9.17, 15) is 4.79 Å². The van der Waals surface area contributed by atoms with Gasteiger partial charge in [0.15, 0.2) is 0 Å². The second-order valence-corrected chi connectivity index (χ2v) is 4.25. The molecule has 1 rings (SSSR count). The van der Waals surface area contributed by atoms with Gasteiger partial charge in [0.2, 0.25) is 0 Å². The highest BCUT2D eigenvalue weighted by Gasteiger charge is 2.12. The maximum Gasteiger partial charge on any atom is 0.339 e. The van der Waals surface area contributed by atoms with Gasteiger partial charge in [0, 0.05) is 12.1 Å². The van der Waals surface area contributed by atoms with E-state index in [0.29, 0.717) is 35.2 Å². The molecule has 0 aliphatic rings. The Morgan fingerprint density at radius 2 is 2.24 bits per heavy atom. The average Bonchev–Trinajstić information content (AvgIpc) is 2.32. The third-order valence-electron chi connectivity index (χ3n) is 2.16. The maximum absolute atomic E-state index is 11.7. The number of ether oxygens (including phenoxy) is 1. The van der Waals surface area contributed by atoms with Crippen LogP contribution in [0.2, 0.25) is 0 Å². The van der Waals surface area contributed by atoms with Crippen molar-refractivity contribution in [3.8, 4) is 6.07 Å². The highest BCUT2D eigenvalue weighted by atomic mass is 79.9. The zero-order chi connectivity index (χ0) is 12.7. The van der Waals surface area contributed by atoms with Gasteiger partial charge in [0.25, 0.3) is 0 Å². The lowest BCUT2D eigenvalue weighted by atomic mass is 10.2. The van der Waals surface area contributed by atoms with E-state index in [1.54, 1.807) is 18.2 Å². The SMILES string of the molecule is N#CCCCCOC(=O)c1cccc(N)c1Br. The van der Waals surface area contributed by atoms with Crippen molar-refractivity contribution in [2.75, 3.05) is 12.3 Å². The third-order valence-corrected chi connectivity index (χ3v) is 3.05. The number of hydrogen-bond donors (Lipinski definition) is 1. The summed E-state index contributed by atoms with van der Waals surface area (Å²) < 4.78 is 5.63. The number of esters is 1. The maximum atomic E-state index is 11.7. The van der Waals surface area contributed by atoms with Gasteiger partial charge < -0.3 is 10.5 Å². The fourth-order valence-electron chi connectivity index (χ4n) is 1.26. The van der Waals surface area contributed by atoms with Crippen LogP contribution in [-0.2, 0) is 4.74 Å². The number of carbonyl (C=O) groups is 1. The molecule has 0 aliphatic carbocycles. The normalized spacial score (nSPS) is 9.65. The van der Waals surface area contributed by atoms with E-state index >= 15 is 0 Å². The van der Waals surface area contributed by atoms with E-state index < -0.39 is 5.97 Å². The van der Waals surface area contributed by atoms with Gasteiger partial charge in [-0.25, -0.2) is 4.79 Å². The summed E-state index contributed by atoms with van der Waals surface area (Å²) in [6.07, 6.45) is 1.92. The number of halogens is 1. The van der Waals surface area contributed by atoms with Crippen molar-refractivity contribution in [2.24, 2.45) is 0 Å². The van der Waals surface area contributed by atoms with E-state index in [4.69, 9.17) is 15.7 Å². The number of nitrogens with zero attached hydrogens (tertiary/aromatic N) is 1. The number of nitrogen functional groups attached to an aromatic ring is 1. The summed E-state index contributed by atoms with van der Waals surface area (Å²) in [6, 6.07) is 7.09. The number of hydrogen-bond acceptors (Lipinski definition) is 4. The molecule has 5 heteroatoms. The fourth-order valence-corrected chi connectivity index (χ4v) is 1.68. The monoisotopic (exact) mass is 296 g/mol. The molecular weight excluding hydrogens is 284 g/mol. The summed E-state index contributed by atoms with van der Waals surface area (Å²) in [5, 5.41) is 8.34. The van der Waals surface area contributed by atoms with Gasteiger partial charge in [-0.2, -0.15) is 5.26 Å². The number of rotatable bonds is 5. The quantitative estimate of drug-likeness (QED) is 0.515. The lowest BCUT2D eigenvalue weighted by Crippen LogP contribution is -2.08. The highest BCUT2D eigenvalue weighted by Crippen LogP contribution is 2.24. The second kappa shape index (κ2) is 6.92. The summed E-state index contributed by atoms with van der Waals surface area (Å²) in [6.45, 7) is 0.321. The number of unbranched alkanes of at least 4 members (excludes halogenated alkanes) is 2. The molecular formula is C12H13BrN2O2. The Balaban J connectivity index is 2.48. The molecule has 0 spiro atoms. The molecule has 90 valence electrons. The van der Waals surface area contributed by atoms with Gasteiger partial charge in [-0.05, 0) is 40.9 Å². The van der Waals surface area contributed by atoms with E-state index in [1.807, 2.05) is 6.07 Å². The van der Waals surface area contributed by atoms with Crippen LogP contribution in [0.3, 0.4) is 0 Å². The van der Waals surface area contributed by atoms with E-state index in [2.05, 4.69) is 15.9 Å². The molecule has 0 aliphatic heterocycles. The fraction of sp³-hybridized carbons (Fsp3) is 0.333. The van der Waals surface area contributed by atoms with Crippen molar-refractivity contribution in [3.63, 3.8) is 0 Å². The van der Waals surface area contributed by atoms with Crippen LogP contribution in [0.1, 0.15) is 29.6 Å². The van der Waals surface area contributed by atoms with Crippen LogP contribution in [0.4, 0.5) is 5.69 Å². The second-order valence-electron chi connectivity index (χ2n) is 3.46. The van der Waals surface area contributed by atoms with Crippen LogP contribution in [0, 0.1) is 11.3 Å². The first-order valence-electron chi connectivity index (χ1n) is 5.25. The van der Waals surface area contributed by atoms with Crippen LogP contribution < -0.4 is 5.73 Å². The molecule has 0 saturated carbocycles. The third kappa shape index (κ3) is 4.08. The zero-order valence-corrected chi connectivity index (χ0v) is 10.9. The molecule has 0 amide bonds. The summed E-state index contributed by atoms with van der Waals surface area (Å²) in [7, 11) is 0. The van der Waals surface area contributed by atoms with Crippen molar-refractivity contribution in [1.29, 1.82) is 5.26 Å². The van der Waals surface area contributed by atoms with Gasteiger partial charge in [-0.3, -0.25) is 0 Å². The molecule has 0 heterocycles. The molecule has 0 aromatic heterocycles. The first kappa shape index (κ1) is 13.5. The number of nitriles is 1. The number of carbonyl (C=O) groups excluding carboxylic acids is 1. The molecule has 1 aromatic rings. The molecule has 0 unspecified atom stereocenters. The molecule has 2 N–H and O–H groups in total. The summed E-state index contributed by atoms with van der Waals surface area (Å²) in [4.78, 5) is 11.7.